The second kappa shape index (κ2) is 9.93. The van der Waals surface area contributed by atoms with Gasteiger partial charge in [-0.3, -0.25) is 4.90 Å². The molecule has 188 valence electrons. The van der Waals surface area contributed by atoms with Crippen molar-refractivity contribution in [1.29, 1.82) is 0 Å². The van der Waals surface area contributed by atoms with Crippen molar-refractivity contribution < 1.29 is 0 Å². The van der Waals surface area contributed by atoms with E-state index in [-0.39, 0.29) is 5.41 Å². The zero-order valence-electron chi connectivity index (χ0n) is 21.7. The molecule has 0 bridgehead atoms. The number of rotatable bonds is 8. The third-order valence-electron chi connectivity index (χ3n) is 6.95. The lowest BCUT2D eigenvalue weighted by Gasteiger charge is -2.36. The van der Waals surface area contributed by atoms with Gasteiger partial charge in [0.1, 0.15) is 11.6 Å². The molecule has 4 heterocycles. The molecule has 2 fully saturated rings. The summed E-state index contributed by atoms with van der Waals surface area (Å²) in [5, 5.41) is 9.81. The van der Waals surface area contributed by atoms with Crippen LogP contribution in [0.1, 0.15) is 57.5 Å². The van der Waals surface area contributed by atoms with Crippen LogP contribution in [0, 0.1) is 0 Å². The lowest BCUT2D eigenvalue weighted by atomic mass is 9.95. The first kappa shape index (κ1) is 24.3. The molecule has 0 unspecified atom stereocenters. The van der Waals surface area contributed by atoms with Crippen molar-refractivity contribution >= 4 is 17.6 Å². The van der Waals surface area contributed by atoms with Gasteiger partial charge in [-0.05, 0) is 37.9 Å². The maximum atomic E-state index is 4.98. The zero-order chi connectivity index (χ0) is 24.6. The molecule has 1 saturated carbocycles. The number of hydrogen-bond acceptors (Lipinski definition) is 7. The van der Waals surface area contributed by atoms with Crippen molar-refractivity contribution in [3.8, 4) is 11.5 Å². The number of anilines is 1. The molecule has 1 saturated heterocycles. The summed E-state index contributed by atoms with van der Waals surface area (Å²) in [5.74, 6) is 4.72. The number of aromatic nitrogens is 6. The van der Waals surface area contributed by atoms with Crippen LogP contribution in [0.3, 0.4) is 0 Å². The molecule has 0 radical (unpaired) electrons. The molecular formula is C26H38N8S. The zero-order valence-corrected chi connectivity index (χ0v) is 22.6. The molecule has 3 aromatic rings. The van der Waals surface area contributed by atoms with Crippen LogP contribution in [0.5, 0.6) is 0 Å². The van der Waals surface area contributed by atoms with Gasteiger partial charge in [-0.15, -0.1) is 10.2 Å². The fraction of sp³-hybridized carbons (Fsp3) is 0.615. The highest BCUT2D eigenvalue weighted by atomic mass is 32.2. The molecule has 3 aromatic heterocycles. The van der Waals surface area contributed by atoms with E-state index in [4.69, 9.17) is 9.97 Å². The van der Waals surface area contributed by atoms with E-state index in [1.165, 1.54) is 18.5 Å². The summed E-state index contributed by atoms with van der Waals surface area (Å²) in [4.78, 5) is 14.9. The highest BCUT2D eigenvalue weighted by molar-refractivity contribution is 7.99. The molecule has 0 spiro atoms. The molecule has 35 heavy (non-hydrogen) atoms. The van der Waals surface area contributed by atoms with Crippen molar-refractivity contribution in [3.05, 3.63) is 35.9 Å². The Labute approximate surface area is 213 Å². The Hall–Kier alpha value is -2.39. The van der Waals surface area contributed by atoms with E-state index in [2.05, 4.69) is 69.1 Å². The Kier molecular flexibility index (Phi) is 6.90. The van der Waals surface area contributed by atoms with E-state index in [1.807, 2.05) is 19.3 Å². The Morgan fingerprint density at radius 2 is 1.80 bits per heavy atom. The van der Waals surface area contributed by atoms with Crippen LogP contribution in [-0.2, 0) is 19.5 Å². The van der Waals surface area contributed by atoms with Gasteiger partial charge < -0.3 is 14.0 Å². The molecule has 0 aromatic carbocycles. The number of piperazine rings is 1. The minimum absolute atomic E-state index is 0.0243. The standard InChI is InChI=1S/C26H38N8S/c1-26(2,3)24-27-20(19-9-10-19)18-22(28-24)34-15-13-33(14-16-34)12-7-17-35-25-30-29-23(32(25)5)21-8-6-11-31(21)4/h6,8,11,18-19H,7,9-10,12-17H2,1-5H3. The van der Waals surface area contributed by atoms with Crippen LogP contribution >= 0.6 is 11.8 Å². The highest BCUT2D eigenvalue weighted by Crippen LogP contribution is 2.40. The Morgan fingerprint density at radius 3 is 2.46 bits per heavy atom. The van der Waals surface area contributed by atoms with Gasteiger partial charge in [-0.25, -0.2) is 9.97 Å². The summed E-state index contributed by atoms with van der Waals surface area (Å²) in [6.07, 6.45) is 5.72. The third kappa shape index (κ3) is 5.56. The number of nitrogens with zero attached hydrogens (tertiary/aromatic N) is 8. The maximum absolute atomic E-state index is 4.98. The van der Waals surface area contributed by atoms with Crippen molar-refractivity contribution in [2.24, 2.45) is 14.1 Å². The van der Waals surface area contributed by atoms with Crippen molar-refractivity contribution in [2.45, 2.75) is 56.5 Å². The molecule has 2 aliphatic rings. The fourth-order valence-corrected chi connectivity index (χ4v) is 5.38. The largest absolute Gasteiger partial charge is 0.354 e. The van der Waals surface area contributed by atoms with Crippen LogP contribution in [0.4, 0.5) is 5.82 Å². The average Bonchev–Trinajstić information content (AvgIpc) is 3.52. The molecule has 0 atom stereocenters. The summed E-state index contributed by atoms with van der Waals surface area (Å²) in [6, 6.07) is 6.37. The van der Waals surface area contributed by atoms with Crippen LogP contribution in [0.2, 0.25) is 0 Å². The van der Waals surface area contributed by atoms with E-state index in [0.717, 1.165) is 73.2 Å². The topological polar surface area (TPSA) is 67.9 Å². The van der Waals surface area contributed by atoms with Gasteiger partial charge in [-0.1, -0.05) is 32.5 Å². The first-order valence-electron chi connectivity index (χ1n) is 12.8. The van der Waals surface area contributed by atoms with Gasteiger partial charge in [0, 0.05) is 75.3 Å². The quantitative estimate of drug-likeness (QED) is 0.345. The Balaban J connectivity index is 1.11. The van der Waals surface area contributed by atoms with Gasteiger partial charge >= 0.3 is 0 Å². The van der Waals surface area contributed by atoms with E-state index in [0.29, 0.717) is 5.92 Å². The molecule has 1 aliphatic heterocycles. The second-order valence-corrected chi connectivity index (χ2v) is 12.0. The molecule has 0 amide bonds. The first-order valence-corrected chi connectivity index (χ1v) is 13.8. The summed E-state index contributed by atoms with van der Waals surface area (Å²) in [7, 11) is 4.09. The normalized spacial score (nSPS) is 17.3. The van der Waals surface area contributed by atoms with E-state index < -0.39 is 0 Å². The number of thioether (sulfide) groups is 1. The monoisotopic (exact) mass is 494 g/mol. The SMILES string of the molecule is Cn1cccc1-c1nnc(SCCCN2CCN(c3cc(C4CC4)nc(C(C)(C)C)n3)CC2)n1C. The summed E-state index contributed by atoms with van der Waals surface area (Å²) in [5.41, 5.74) is 2.31. The fourth-order valence-electron chi connectivity index (χ4n) is 4.55. The van der Waals surface area contributed by atoms with Crippen LogP contribution < -0.4 is 4.90 Å². The van der Waals surface area contributed by atoms with Gasteiger partial charge in [0.2, 0.25) is 0 Å². The smallest absolute Gasteiger partial charge is 0.191 e. The molecule has 9 heteroatoms. The second-order valence-electron chi connectivity index (χ2n) is 10.9. The molecular weight excluding hydrogens is 456 g/mol. The van der Waals surface area contributed by atoms with Gasteiger partial charge in [0.25, 0.3) is 0 Å². The average molecular weight is 495 g/mol. The minimum atomic E-state index is -0.0243. The van der Waals surface area contributed by atoms with Gasteiger partial charge in [0.15, 0.2) is 11.0 Å². The summed E-state index contributed by atoms with van der Waals surface area (Å²) < 4.78 is 4.18. The predicted molar refractivity (Wildman–Crippen MR) is 142 cm³/mol. The minimum Gasteiger partial charge on any atom is -0.354 e. The van der Waals surface area contributed by atoms with Crippen molar-refractivity contribution in [1.82, 2.24) is 34.2 Å². The van der Waals surface area contributed by atoms with Crippen molar-refractivity contribution in [2.75, 3.05) is 43.4 Å². The first-order chi connectivity index (χ1) is 16.8. The van der Waals surface area contributed by atoms with Gasteiger partial charge in [-0.2, -0.15) is 0 Å². The lowest BCUT2D eigenvalue weighted by molar-refractivity contribution is 0.258. The molecule has 0 N–H and O–H groups in total. The van der Waals surface area contributed by atoms with Crippen LogP contribution in [0.25, 0.3) is 11.5 Å². The van der Waals surface area contributed by atoms with Crippen molar-refractivity contribution in [3.63, 3.8) is 0 Å². The molecule has 5 rings (SSSR count). The van der Waals surface area contributed by atoms with Crippen LogP contribution in [-0.4, -0.2) is 72.7 Å². The van der Waals surface area contributed by atoms with Gasteiger partial charge in [0.05, 0.1) is 5.69 Å². The molecule has 1 aliphatic carbocycles. The van der Waals surface area contributed by atoms with E-state index >= 15 is 0 Å². The highest BCUT2D eigenvalue weighted by Gasteiger charge is 2.29. The summed E-state index contributed by atoms with van der Waals surface area (Å²) in [6.45, 7) is 12.0. The maximum Gasteiger partial charge on any atom is 0.191 e. The Bertz CT molecular complexity index is 1150. The molecule has 8 nitrogen and oxygen atoms in total. The number of aryl methyl sites for hydroxylation is 1. The van der Waals surface area contributed by atoms with Crippen LogP contribution in [0.15, 0.2) is 29.6 Å². The third-order valence-corrected chi connectivity index (χ3v) is 8.06. The number of hydrogen-bond donors (Lipinski definition) is 0. The Morgan fingerprint density at radius 1 is 1.03 bits per heavy atom. The summed E-state index contributed by atoms with van der Waals surface area (Å²) >= 11 is 1.80. The predicted octanol–water partition coefficient (Wildman–Crippen LogP) is 4.09. The van der Waals surface area contributed by atoms with E-state index in [1.54, 1.807) is 11.8 Å². The van der Waals surface area contributed by atoms with E-state index in [9.17, 15) is 0 Å². The lowest BCUT2D eigenvalue weighted by Crippen LogP contribution is -2.47.